The molecule has 0 N–H and O–H groups in total. The van der Waals surface area contributed by atoms with Gasteiger partial charge >= 0.3 is 0 Å². The topological polar surface area (TPSA) is 56.3 Å². The van der Waals surface area contributed by atoms with Gasteiger partial charge in [0, 0.05) is 0 Å². The Bertz CT molecular complexity index is 3760. The lowest BCUT2D eigenvalue weighted by Gasteiger charge is -2.19. The number of nitriles is 2. The molecule has 0 saturated carbocycles. The molecule has 0 aromatic heterocycles. The number of hydrogen-bond acceptors (Lipinski definition) is 2. The molecule has 11 aromatic rings. The highest BCUT2D eigenvalue weighted by Gasteiger charge is 2.28. The molecule has 0 aliphatic rings. The maximum Gasteiger partial charge on any atom is 0.190 e. The van der Waals surface area contributed by atoms with Crippen LogP contribution in [0.2, 0.25) is 0 Å². The van der Waals surface area contributed by atoms with Gasteiger partial charge in [-0.05, 0) is 164 Å². The van der Waals surface area contributed by atoms with Gasteiger partial charge in [-0.15, -0.1) is 0 Å². The molecule has 254 valence electrons. The summed E-state index contributed by atoms with van der Waals surface area (Å²) in [5.41, 5.74) is 6.66. The number of benzene rings is 9. The number of aryl methyl sites for hydroxylation is 2. The highest BCUT2D eigenvalue weighted by atomic mass is 14.6. The summed E-state index contributed by atoms with van der Waals surface area (Å²) in [6, 6.07) is 47.0. The summed E-state index contributed by atoms with van der Waals surface area (Å²) in [6.07, 6.45) is 0. The average Bonchev–Trinajstić information content (AvgIpc) is 3.73. The molecule has 0 spiro atoms. The first-order valence-corrected chi connectivity index (χ1v) is 18.4. The van der Waals surface area contributed by atoms with Crippen molar-refractivity contribution < 1.29 is 0 Å². The second-order valence-corrected chi connectivity index (χ2v) is 14.8. The van der Waals surface area contributed by atoms with Crippen molar-refractivity contribution in [1.29, 1.82) is 10.5 Å². The van der Waals surface area contributed by atoms with Crippen LogP contribution < -0.4 is 0 Å². The van der Waals surface area contributed by atoms with E-state index in [1.54, 1.807) is 0 Å². The molecular weight excluding hydrogens is 681 g/mol. The molecule has 4 heteroatoms. The fraction of sp³-hybridized carbons (Fsp3) is 0.0385. The molecule has 0 amide bonds. The summed E-state index contributed by atoms with van der Waals surface area (Å²) in [5.74, 6) is 0. The van der Waals surface area contributed by atoms with Crippen LogP contribution >= 0.6 is 0 Å². The largest absolute Gasteiger partial charge is 0.238 e. The molecular formula is C52H26N4. The zero-order valence-corrected chi connectivity index (χ0v) is 30.3. The third-order valence-electron chi connectivity index (χ3n) is 12.0. The van der Waals surface area contributed by atoms with E-state index in [0.717, 1.165) is 92.3 Å². The Balaban J connectivity index is 1.50. The van der Waals surface area contributed by atoms with Crippen LogP contribution in [0.25, 0.3) is 118 Å². The van der Waals surface area contributed by atoms with Crippen LogP contribution in [0, 0.1) is 49.7 Å². The lowest BCUT2D eigenvalue weighted by molar-refractivity contribution is 1.43. The maximum absolute atomic E-state index is 10.8. The van der Waals surface area contributed by atoms with Crippen LogP contribution in [0.1, 0.15) is 22.3 Å². The first-order valence-electron chi connectivity index (χ1n) is 18.4. The van der Waals surface area contributed by atoms with Gasteiger partial charge in [0.2, 0.25) is 0 Å². The zero-order valence-electron chi connectivity index (χ0n) is 30.3. The lowest BCUT2D eigenvalue weighted by Crippen LogP contribution is -1.94. The Labute approximate surface area is 321 Å². The van der Waals surface area contributed by atoms with Crippen molar-refractivity contribution >= 4 is 97.6 Å². The predicted octanol–water partition coefficient (Wildman–Crippen LogP) is 14.6. The third-order valence-corrected chi connectivity index (χ3v) is 12.0. The van der Waals surface area contributed by atoms with E-state index in [0.29, 0.717) is 33.6 Å². The molecule has 0 aliphatic carbocycles. The van der Waals surface area contributed by atoms with Crippen molar-refractivity contribution in [2.75, 3.05) is 0 Å². The average molecular weight is 707 g/mol. The molecule has 0 saturated heterocycles. The molecule has 11 aromatic carbocycles. The molecule has 0 unspecified atom stereocenters. The van der Waals surface area contributed by atoms with Crippen molar-refractivity contribution in [2.45, 2.75) is 13.8 Å². The van der Waals surface area contributed by atoms with Gasteiger partial charge in [0.1, 0.15) is 0 Å². The first kappa shape index (κ1) is 31.5. The molecule has 0 fully saturated rings. The Morgan fingerprint density at radius 3 is 1.43 bits per heavy atom. The monoisotopic (exact) mass is 706 g/mol. The van der Waals surface area contributed by atoms with Crippen LogP contribution in [0.4, 0.5) is 11.4 Å². The zero-order chi connectivity index (χ0) is 38.0. The van der Waals surface area contributed by atoms with Crippen LogP contribution in [0.3, 0.4) is 0 Å². The molecule has 0 heterocycles. The van der Waals surface area contributed by atoms with Gasteiger partial charge in [0.15, 0.2) is 11.4 Å². The minimum absolute atomic E-state index is 0.495. The second kappa shape index (κ2) is 11.2. The molecule has 56 heavy (non-hydrogen) atoms. The fourth-order valence-electron chi connectivity index (χ4n) is 9.67. The predicted molar refractivity (Wildman–Crippen MR) is 231 cm³/mol. The lowest BCUT2D eigenvalue weighted by atomic mass is 9.83. The standard InChI is InChI=1S/C52H26N4/c1-27-18-31(25-53)38(23-45(27)55-3)49-43-21-40-35-15-9-14-34-33-13-6-5-10-30(33)20-42(48(34)35)41(40)22-44(43)50(39-24-46(56-4)28(2)19-32(39)26-54)52-37-17-8-12-29-11-7-16-36(47(29)37)51(49)52/h5-24H,1-2H3. The Hall–Kier alpha value is -8.02. The van der Waals surface area contributed by atoms with Gasteiger partial charge in [-0.3, -0.25) is 0 Å². The molecule has 4 nitrogen and oxygen atoms in total. The molecule has 0 atom stereocenters. The maximum atomic E-state index is 10.8. The molecule has 11 rings (SSSR count). The van der Waals surface area contributed by atoms with Gasteiger partial charge in [-0.2, -0.15) is 10.5 Å². The van der Waals surface area contributed by atoms with Crippen molar-refractivity contribution in [2.24, 2.45) is 0 Å². The van der Waals surface area contributed by atoms with E-state index in [1.165, 1.54) is 16.2 Å². The number of rotatable bonds is 2. The van der Waals surface area contributed by atoms with E-state index in [1.807, 2.05) is 38.1 Å². The normalized spacial score (nSPS) is 11.7. The Morgan fingerprint density at radius 1 is 0.411 bits per heavy atom. The highest BCUT2D eigenvalue weighted by Crippen LogP contribution is 2.55. The number of nitrogens with zero attached hydrogens (tertiary/aromatic N) is 4. The molecule has 0 bridgehead atoms. The summed E-state index contributed by atoms with van der Waals surface area (Å²) >= 11 is 0. The van der Waals surface area contributed by atoms with E-state index in [-0.39, 0.29) is 0 Å². The van der Waals surface area contributed by atoms with E-state index in [2.05, 4.69) is 119 Å². The highest BCUT2D eigenvalue weighted by molar-refractivity contribution is 6.42. The van der Waals surface area contributed by atoms with Gasteiger partial charge in [0.05, 0.1) is 36.4 Å². The third kappa shape index (κ3) is 3.98. The Morgan fingerprint density at radius 2 is 0.875 bits per heavy atom. The van der Waals surface area contributed by atoms with E-state index in [4.69, 9.17) is 13.1 Å². The SMILES string of the molecule is [C-]#[N+]c1cc(-c2c3cc4c(cc3c(-c3cc([N+]#[C-])c(C)cc3C#N)c3c5cccc6cccc(c23)c65)c2cc3ccccc3c3cccc4c32)c(C#N)cc1C. The van der Waals surface area contributed by atoms with Crippen LogP contribution in [-0.2, 0) is 0 Å². The fourth-order valence-corrected chi connectivity index (χ4v) is 9.67. The van der Waals surface area contributed by atoms with Gasteiger partial charge in [-0.1, -0.05) is 91.0 Å². The van der Waals surface area contributed by atoms with E-state index >= 15 is 0 Å². The van der Waals surface area contributed by atoms with Crippen LogP contribution in [0.15, 0.2) is 121 Å². The van der Waals surface area contributed by atoms with Crippen LogP contribution in [-0.4, -0.2) is 0 Å². The molecule has 0 aliphatic heterocycles. The second-order valence-electron chi connectivity index (χ2n) is 14.8. The van der Waals surface area contributed by atoms with Gasteiger partial charge in [-0.25, -0.2) is 9.69 Å². The van der Waals surface area contributed by atoms with Crippen molar-refractivity contribution in [3.05, 3.63) is 166 Å². The summed E-state index contributed by atoms with van der Waals surface area (Å²) in [7, 11) is 0. The van der Waals surface area contributed by atoms with Crippen molar-refractivity contribution in [3.63, 3.8) is 0 Å². The minimum Gasteiger partial charge on any atom is -0.238 e. The van der Waals surface area contributed by atoms with Crippen molar-refractivity contribution in [3.8, 4) is 34.4 Å². The van der Waals surface area contributed by atoms with Gasteiger partial charge in [0.25, 0.3) is 0 Å². The molecule has 0 radical (unpaired) electrons. The Kier molecular flexibility index (Phi) is 6.33. The van der Waals surface area contributed by atoms with E-state index < -0.39 is 0 Å². The minimum atomic E-state index is 0.495. The summed E-state index contributed by atoms with van der Waals surface area (Å²) in [4.78, 5) is 7.83. The summed E-state index contributed by atoms with van der Waals surface area (Å²) < 4.78 is 0. The number of fused-ring (bicyclic) bond motifs is 9. The quantitative estimate of drug-likeness (QED) is 0.133. The first-order chi connectivity index (χ1) is 27.4. The summed E-state index contributed by atoms with van der Waals surface area (Å²) in [6.45, 7) is 20.0. The van der Waals surface area contributed by atoms with Gasteiger partial charge < -0.3 is 0 Å². The smallest absolute Gasteiger partial charge is 0.190 e. The number of hydrogen-bond donors (Lipinski definition) is 0. The van der Waals surface area contributed by atoms with E-state index in [9.17, 15) is 10.5 Å². The van der Waals surface area contributed by atoms with Crippen LogP contribution in [0.5, 0.6) is 0 Å². The summed E-state index contributed by atoms with van der Waals surface area (Å²) in [5, 5.41) is 38.8. The van der Waals surface area contributed by atoms with Crippen molar-refractivity contribution in [1.82, 2.24) is 0 Å².